The largest absolute Gasteiger partial charge is 0.497 e. The summed E-state index contributed by atoms with van der Waals surface area (Å²) >= 11 is 0. The first-order valence-corrected chi connectivity index (χ1v) is 8.19. The molecule has 0 fully saturated rings. The summed E-state index contributed by atoms with van der Waals surface area (Å²) < 4.78 is 5.27. The van der Waals surface area contributed by atoms with Gasteiger partial charge in [0, 0.05) is 11.8 Å². The highest BCUT2D eigenvalue weighted by Gasteiger charge is 2.07. The van der Waals surface area contributed by atoms with Crippen LogP contribution in [-0.4, -0.2) is 13.0 Å². The molecule has 2 rings (SSSR count). The van der Waals surface area contributed by atoms with Gasteiger partial charge in [0.15, 0.2) is 0 Å². The van der Waals surface area contributed by atoms with Crippen LogP contribution in [0.1, 0.15) is 34.7 Å². The maximum absolute atomic E-state index is 12.3. The number of hydrogen-bond acceptors (Lipinski definition) is 2. The van der Waals surface area contributed by atoms with E-state index in [-0.39, 0.29) is 5.91 Å². The average Bonchev–Trinajstić information content (AvgIpc) is 2.55. The Morgan fingerprint density at radius 1 is 1.12 bits per heavy atom. The van der Waals surface area contributed by atoms with Gasteiger partial charge in [0.25, 0.3) is 0 Å². The predicted octanol–water partition coefficient (Wildman–Crippen LogP) is 4.83. The van der Waals surface area contributed by atoms with Crippen molar-refractivity contribution in [2.24, 2.45) is 0 Å². The highest BCUT2D eigenvalue weighted by molar-refractivity contribution is 6.03. The third-order valence-electron chi connectivity index (χ3n) is 4.19. The molecule has 2 aromatic carbocycles. The third-order valence-corrected chi connectivity index (χ3v) is 4.19. The van der Waals surface area contributed by atoms with Crippen LogP contribution in [0, 0.1) is 20.8 Å². The van der Waals surface area contributed by atoms with Gasteiger partial charge in [-0.1, -0.05) is 25.1 Å². The number of carbonyl (C=O) groups is 1. The van der Waals surface area contributed by atoms with Crippen molar-refractivity contribution < 1.29 is 9.53 Å². The zero-order chi connectivity index (χ0) is 17.7. The molecule has 0 saturated heterocycles. The van der Waals surface area contributed by atoms with E-state index in [0.717, 1.165) is 45.7 Å². The molecule has 24 heavy (non-hydrogen) atoms. The molecule has 0 aromatic heterocycles. The molecule has 126 valence electrons. The minimum atomic E-state index is -0.117. The predicted molar refractivity (Wildman–Crippen MR) is 101 cm³/mol. The maximum atomic E-state index is 12.3. The molecule has 0 unspecified atom stereocenters. The lowest BCUT2D eigenvalue weighted by Crippen LogP contribution is -2.11. The molecule has 0 radical (unpaired) electrons. The molecular formula is C21H25NO2. The molecule has 2 aromatic rings. The number of methoxy groups -OCH3 is 1. The zero-order valence-corrected chi connectivity index (χ0v) is 15.1. The molecule has 3 heteroatoms. The Morgan fingerprint density at radius 2 is 1.79 bits per heavy atom. The molecule has 0 spiro atoms. The summed E-state index contributed by atoms with van der Waals surface area (Å²) in [6, 6.07) is 10.0. The van der Waals surface area contributed by atoms with E-state index in [4.69, 9.17) is 4.74 Å². The Kier molecular flexibility index (Phi) is 5.80. The molecular weight excluding hydrogens is 298 g/mol. The van der Waals surface area contributed by atoms with Crippen LogP contribution in [0.2, 0.25) is 0 Å². The van der Waals surface area contributed by atoms with Crippen LogP contribution in [0.4, 0.5) is 5.69 Å². The second-order valence-electron chi connectivity index (χ2n) is 5.96. The van der Waals surface area contributed by atoms with Gasteiger partial charge >= 0.3 is 0 Å². The lowest BCUT2D eigenvalue weighted by atomic mass is 10.0. The highest BCUT2D eigenvalue weighted by atomic mass is 16.5. The third kappa shape index (κ3) is 4.05. The number of amides is 1. The van der Waals surface area contributed by atoms with Crippen LogP contribution in [0.15, 0.2) is 36.4 Å². The van der Waals surface area contributed by atoms with Crippen molar-refractivity contribution in [1.82, 2.24) is 0 Å². The van der Waals surface area contributed by atoms with Crippen LogP contribution in [0.25, 0.3) is 6.08 Å². The van der Waals surface area contributed by atoms with E-state index >= 15 is 0 Å². The first-order chi connectivity index (χ1) is 11.5. The molecule has 0 heterocycles. The van der Waals surface area contributed by atoms with Gasteiger partial charge in [0.2, 0.25) is 5.91 Å². The van der Waals surface area contributed by atoms with E-state index in [1.54, 1.807) is 13.2 Å². The topological polar surface area (TPSA) is 38.3 Å². The lowest BCUT2D eigenvalue weighted by Gasteiger charge is -2.12. The summed E-state index contributed by atoms with van der Waals surface area (Å²) in [5.74, 6) is 0.715. The van der Waals surface area contributed by atoms with Gasteiger partial charge in [-0.3, -0.25) is 4.79 Å². The quantitative estimate of drug-likeness (QED) is 0.800. The summed E-state index contributed by atoms with van der Waals surface area (Å²) in [5.41, 5.74) is 6.35. The van der Waals surface area contributed by atoms with E-state index in [0.29, 0.717) is 0 Å². The van der Waals surface area contributed by atoms with Crippen molar-refractivity contribution >= 4 is 17.7 Å². The van der Waals surface area contributed by atoms with Crippen molar-refractivity contribution in [2.75, 3.05) is 12.4 Å². The Balaban J connectivity index is 2.21. The Hall–Kier alpha value is -2.55. The van der Waals surface area contributed by atoms with Gasteiger partial charge in [-0.2, -0.15) is 0 Å². The number of hydrogen-bond donors (Lipinski definition) is 1. The molecule has 0 saturated carbocycles. The van der Waals surface area contributed by atoms with E-state index in [1.807, 2.05) is 57.2 Å². The Morgan fingerprint density at radius 3 is 2.38 bits per heavy atom. The second-order valence-corrected chi connectivity index (χ2v) is 5.96. The van der Waals surface area contributed by atoms with E-state index in [2.05, 4.69) is 12.2 Å². The Labute approximate surface area is 144 Å². The zero-order valence-electron chi connectivity index (χ0n) is 15.1. The molecule has 3 nitrogen and oxygen atoms in total. The van der Waals surface area contributed by atoms with Crippen molar-refractivity contribution in [2.45, 2.75) is 34.1 Å². The van der Waals surface area contributed by atoms with E-state index in [9.17, 15) is 4.79 Å². The number of para-hydroxylation sites is 1. The highest BCUT2D eigenvalue weighted by Crippen LogP contribution is 2.23. The lowest BCUT2D eigenvalue weighted by molar-refractivity contribution is -0.111. The molecule has 1 N–H and O–H groups in total. The average molecular weight is 323 g/mol. The van der Waals surface area contributed by atoms with Crippen LogP contribution in [0.3, 0.4) is 0 Å². The van der Waals surface area contributed by atoms with Gasteiger partial charge in [-0.05, 0) is 73.2 Å². The number of rotatable bonds is 5. The summed E-state index contributed by atoms with van der Waals surface area (Å²) in [6.45, 7) is 8.13. The normalized spacial score (nSPS) is 10.9. The minimum absolute atomic E-state index is 0.117. The van der Waals surface area contributed by atoms with Gasteiger partial charge < -0.3 is 10.1 Å². The smallest absolute Gasteiger partial charge is 0.248 e. The fraction of sp³-hybridized carbons (Fsp3) is 0.286. The number of aryl methyl sites for hydroxylation is 4. The number of anilines is 1. The van der Waals surface area contributed by atoms with Gasteiger partial charge in [0.05, 0.1) is 7.11 Å². The summed E-state index contributed by atoms with van der Waals surface area (Å²) in [5, 5.41) is 3.01. The van der Waals surface area contributed by atoms with Crippen molar-refractivity contribution in [3.63, 3.8) is 0 Å². The van der Waals surface area contributed by atoms with E-state index in [1.165, 1.54) is 0 Å². The number of ether oxygens (including phenoxy) is 1. The van der Waals surface area contributed by atoms with Crippen molar-refractivity contribution in [3.8, 4) is 5.75 Å². The van der Waals surface area contributed by atoms with Crippen LogP contribution in [-0.2, 0) is 11.2 Å². The van der Waals surface area contributed by atoms with Crippen LogP contribution >= 0.6 is 0 Å². The molecule has 0 aliphatic carbocycles. The molecule has 0 aliphatic rings. The number of benzene rings is 2. The SMILES string of the molecule is CCc1cccc(C)c1NC(=O)/C=C/c1c(C)cc(OC)cc1C. The fourth-order valence-electron chi connectivity index (χ4n) is 2.84. The molecule has 0 atom stereocenters. The van der Waals surface area contributed by atoms with Crippen molar-refractivity contribution in [1.29, 1.82) is 0 Å². The minimum Gasteiger partial charge on any atom is -0.497 e. The molecule has 0 bridgehead atoms. The maximum Gasteiger partial charge on any atom is 0.248 e. The van der Waals surface area contributed by atoms with Gasteiger partial charge in [-0.25, -0.2) is 0 Å². The second kappa shape index (κ2) is 7.82. The molecule has 0 aliphatic heterocycles. The standard InChI is InChI=1S/C21H25NO2/c1-6-17-9-7-8-14(2)21(17)22-20(23)11-10-19-15(3)12-18(24-5)13-16(19)4/h7-13H,6H2,1-5H3,(H,22,23)/b11-10+. The monoisotopic (exact) mass is 323 g/mol. The van der Waals surface area contributed by atoms with Gasteiger partial charge in [-0.15, -0.1) is 0 Å². The molecule has 1 amide bonds. The van der Waals surface area contributed by atoms with Crippen LogP contribution in [0.5, 0.6) is 5.75 Å². The Bertz CT molecular complexity index is 752. The summed E-state index contributed by atoms with van der Waals surface area (Å²) in [6.07, 6.45) is 4.34. The fourth-order valence-corrected chi connectivity index (χ4v) is 2.84. The first-order valence-electron chi connectivity index (χ1n) is 8.19. The van der Waals surface area contributed by atoms with Crippen molar-refractivity contribution in [3.05, 3.63) is 64.2 Å². The summed E-state index contributed by atoms with van der Waals surface area (Å²) in [4.78, 5) is 12.3. The van der Waals surface area contributed by atoms with Crippen LogP contribution < -0.4 is 10.1 Å². The van der Waals surface area contributed by atoms with E-state index < -0.39 is 0 Å². The first kappa shape index (κ1) is 17.8. The number of nitrogens with one attached hydrogen (secondary N) is 1. The van der Waals surface area contributed by atoms with Gasteiger partial charge in [0.1, 0.15) is 5.75 Å². The summed E-state index contributed by atoms with van der Waals surface area (Å²) in [7, 11) is 1.66. The number of carbonyl (C=O) groups excluding carboxylic acids is 1.